The maximum atomic E-state index is 12.7. The maximum absolute atomic E-state index is 12.7. The quantitative estimate of drug-likeness (QED) is 0.476. The highest BCUT2D eigenvalue weighted by Gasteiger charge is 2.15. The highest BCUT2D eigenvalue weighted by Crippen LogP contribution is 2.20. The van der Waals surface area contributed by atoms with Crippen molar-refractivity contribution in [3.05, 3.63) is 94.5 Å². The van der Waals surface area contributed by atoms with Crippen LogP contribution in [0.25, 0.3) is 0 Å². The van der Waals surface area contributed by atoms with Gasteiger partial charge in [0.1, 0.15) is 12.4 Å². The largest absolute Gasteiger partial charge is 0.489 e. The smallest absolute Gasteiger partial charge is 0.255 e. The summed E-state index contributed by atoms with van der Waals surface area (Å²) < 4.78 is 5.75. The molecule has 3 rings (SSSR count). The van der Waals surface area contributed by atoms with Crippen molar-refractivity contribution in [3.8, 4) is 5.75 Å². The molecule has 0 saturated carbocycles. The van der Waals surface area contributed by atoms with Crippen molar-refractivity contribution in [3.63, 3.8) is 0 Å². The zero-order valence-corrected chi connectivity index (χ0v) is 18.3. The fourth-order valence-electron chi connectivity index (χ4n) is 2.87. The molecule has 160 valence electrons. The predicted molar refractivity (Wildman–Crippen MR) is 124 cm³/mol. The average Bonchev–Trinajstić information content (AvgIpc) is 2.79. The van der Waals surface area contributed by atoms with E-state index in [0.717, 1.165) is 12.0 Å². The summed E-state index contributed by atoms with van der Waals surface area (Å²) in [6.07, 6.45) is 0.825. The first-order chi connectivity index (χ1) is 15.0. The monoisotopic (exact) mass is 436 g/mol. The lowest BCUT2D eigenvalue weighted by molar-refractivity contribution is 0.0940. The number of nitrogens with one attached hydrogen (secondary N) is 2. The minimum atomic E-state index is -0.304. The van der Waals surface area contributed by atoms with Gasteiger partial charge in [-0.15, -0.1) is 0 Å². The van der Waals surface area contributed by atoms with Gasteiger partial charge >= 0.3 is 0 Å². The molecule has 3 aromatic carbocycles. The summed E-state index contributed by atoms with van der Waals surface area (Å²) in [5, 5.41) is 6.40. The van der Waals surface area contributed by atoms with Crippen LogP contribution in [0.3, 0.4) is 0 Å². The zero-order chi connectivity index (χ0) is 22.2. The Labute approximate surface area is 187 Å². The average molecular weight is 437 g/mol. The number of rotatable bonds is 8. The third-order valence-corrected chi connectivity index (χ3v) is 5.25. The van der Waals surface area contributed by atoms with Crippen molar-refractivity contribution in [1.82, 2.24) is 5.32 Å². The molecule has 2 N–H and O–H groups in total. The fourth-order valence-corrected chi connectivity index (χ4v) is 3.06. The Morgan fingerprint density at radius 2 is 1.61 bits per heavy atom. The second-order valence-corrected chi connectivity index (χ2v) is 7.59. The molecular formula is C25H25ClN2O3. The lowest BCUT2D eigenvalue weighted by Crippen LogP contribution is -2.32. The number of amides is 2. The van der Waals surface area contributed by atoms with Crippen molar-refractivity contribution in [2.45, 2.75) is 32.9 Å². The van der Waals surface area contributed by atoms with Crippen LogP contribution in [-0.4, -0.2) is 17.9 Å². The van der Waals surface area contributed by atoms with E-state index in [-0.39, 0.29) is 17.9 Å². The molecule has 0 spiro atoms. The van der Waals surface area contributed by atoms with Gasteiger partial charge in [0.25, 0.3) is 11.8 Å². The Morgan fingerprint density at radius 1 is 0.935 bits per heavy atom. The van der Waals surface area contributed by atoms with E-state index in [9.17, 15) is 9.59 Å². The molecule has 0 aliphatic rings. The number of anilines is 1. The van der Waals surface area contributed by atoms with Crippen LogP contribution in [0.2, 0.25) is 5.02 Å². The summed E-state index contributed by atoms with van der Waals surface area (Å²) in [5.74, 6) is 0.111. The predicted octanol–water partition coefficient (Wildman–Crippen LogP) is 5.70. The molecule has 2 amide bonds. The van der Waals surface area contributed by atoms with Crippen LogP contribution in [0.5, 0.6) is 5.75 Å². The summed E-state index contributed by atoms with van der Waals surface area (Å²) in [6.45, 7) is 4.28. The SMILES string of the molecule is CC[C@@H](C)NC(=O)c1ccccc1NC(=O)c1ccc(OCc2ccccc2Cl)cc1. The van der Waals surface area contributed by atoms with Crippen molar-refractivity contribution >= 4 is 29.1 Å². The third kappa shape index (κ3) is 6.09. The van der Waals surface area contributed by atoms with Gasteiger partial charge in [0, 0.05) is 22.2 Å². The molecule has 0 unspecified atom stereocenters. The van der Waals surface area contributed by atoms with Gasteiger partial charge in [-0.05, 0) is 55.8 Å². The van der Waals surface area contributed by atoms with Crippen LogP contribution in [-0.2, 0) is 6.61 Å². The van der Waals surface area contributed by atoms with Crippen LogP contribution < -0.4 is 15.4 Å². The second-order valence-electron chi connectivity index (χ2n) is 7.19. The molecule has 5 nitrogen and oxygen atoms in total. The van der Waals surface area contributed by atoms with E-state index in [0.29, 0.717) is 34.2 Å². The number of carbonyl (C=O) groups excluding carboxylic acids is 2. The van der Waals surface area contributed by atoms with Crippen molar-refractivity contribution in [2.75, 3.05) is 5.32 Å². The minimum Gasteiger partial charge on any atom is -0.489 e. The molecule has 0 bridgehead atoms. The van der Waals surface area contributed by atoms with Crippen LogP contribution in [0.4, 0.5) is 5.69 Å². The third-order valence-electron chi connectivity index (χ3n) is 4.88. The van der Waals surface area contributed by atoms with Gasteiger partial charge in [-0.3, -0.25) is 9.59 Å². The number of ether oxygens (including phenoxy) is 1. The summed E-state index contributed by atoms with van der Waals surface area (Å²) >= 11 is 6.14. The van der Waals surface area contributed by atoms with E-state index in [4.69, 9.17) is 16.3 Å². The van der Waals surface area contributed by atoms with Crippen molar-refractivity contribution in [2.24, 2.45) is 0 Å². The fraction of sp³-hybridized carbons (Fsp3) is 0.200. The van der Waals surface area contributed by atoms with Gasteiger partial charge in [0.15, 0.2) is 0 Å². The Balaban J connectivity index is 1.65. The number of hydrogen-bond acceptors (Lipinski definition) is 3. The van der Waals surface area contributed by atoms with Crippen LogP contribution in [0.1, 0.15) is 46.5 Å². The molecule has 31 heavy (non-hydrogen) atoms. The van der Waals surface area contributed by atoms with E-state index in [1.807, 2.05) is 38.1 Å². The Morgan fingerprint density at radius 3 is 2.32 bits per heavy atom. The number of para-hydroxylation sites is 1. The first-order valence-electron chi connectivity index (χ1n) is 10.2. The molecule has 0 fully saturated rings. The lowest BCUT2D eigenvalue weighted by atomic mass is 10.1. The molecular weight excluding hydrogens is 412 g/mol. The van der Waals surface area contributed by atoms with E-state index >= 15 is 0 Å². The molecule has 0 saturated heterocycles. The Kier molecular flexibility index (Phi) is 7.68. The highest BCUT2D eigenvalue weighted by molar-refractivity contribution is 6.31. The number of benzene rings is 3. The van der Waals surface area contributed by atoms with E-state index < -0.39 is 0 Å². The Hall–Kier alpha value is -3.31. The first-order valence-corrected chi connectivity index (χ1v) is 10.5. The number of halogens is 1. The number of carbonyl (C=O) groups is 2. The van der Waals surface area contributed by atoms with Crippen LogP contribution in [0.15, 0.2) is 72.8 Å². The Bertz CT molecular complexity index is 1050. The lowest BCUT2D eigenvalue weighted by Gasteiger charge is -2.15. The first kappa shape index (κ1) is 22.4. The molecule has 0 aliphatic heterocycles. The van der Waals surface area contributed by atoms with Crippen molar-refractivity contribution < 1.29 is 14.3 Å². The summed E-state index contributed by atoms with van der Waals surface area (Å²) in [5.41, 5.74) is 2.24. The molecule has 0 heterocycles. The molecule has 6 heteroatoms. The summed E-state index contributed by atoms with van der Waals surface area (Å²) in [6, 6.07) is 21.3. The molecule has 0 radical (unpaired) electrons. The minimum absolute atomic E-state index is 0.0505. The standard InChI is InChI=1S/C25H25ClN2O3/c1-3-17(2)27-25(30)21-9-5-7-11-23(21)28-24(29)18-12-14-20(15-13-18)31-16-19-8-4-6-10-22(19)26/h4-15,17H,3,16H2,1-2H3,(H,27,30)(H,28,29)/t17-/m1/s1. The van der Waals surface area contributed by atoms with Crippen LogP contribution >= 0.6 is 11.6 Å². The van der Waals surface area contributed by atoms with Crippen LogP contribution in [0, 0.1) is 0 Å². The van der Waals surface area contributed by atoms with Gasteiger partial charge in [-0.2, -0.15) is 0 Å². The van der Waals surface area contributed by atoms with E-state index in [1.54, 1.807) is 48.5 Å². The summed E-state index contributed by atoms with van der Waals surface area (Å²) in [4.78, 5) is 25.2. The van der Waals surface area contributed by atoms with Gasteiger partial charge in [0.2, 0.25) is 0 Å². The van der Waals surface area contributed by atoms with Gasteiger partial charge < -0.3 is 15.4 Å². The van der Waals surface area contributed by atoms with E-state index in [1.165, 1.54) is 0 Å². The molecule has 0 aromatic heterocycles. The van der Waals surface area contributed by atoms with Gasteiger partial charge in [-0.1, -0.05) is 48.9 Å². The zero-order valence-electron chi connectivity index (χ0n) is 17.5. The molecule has 1 atom stereocenters. The van der Waals surface area contributed by atoms with Crippen molar-refractivity contribution in [1.29, 1.82) is 0 Å². The van der Waals surface area contributed by atoms with Gasteiger partial charge in [-0.25, -0.2) is 0 Å². The molecule has 3 aromatic rings. The van der Waals surface area contributed by atoms with Gasteiger partial charge in [0.05, 0.1) is 11.3 Å². The highest BCUT2D eigenvalue weighted by atomic mass is 35.5. The summed E-state index contributed by atoms with van der Waals surface area (Å²) in [7, 11) is 0. The normalized spacial score (nSPS) is 11.5. The number of hydrogen-bond donors (Lipinski definition) is 2. The second kappa shape index (κ2) is 10.6. The maximum Gasteiger partial charge on any atom is 0.255 e. The topological polar surface area (TPSA) is 67.4 Å². The van der Waals surface area contributed by atoms with E-state index in [2.05, 4.69) is 10.6 Å². The molecule has 0 aliphatic carbocycles.